The fraction of sp³-hybridized carbons (Fsp3) is 0.571. The summed E-state index contributed by atoms with van der Waals surface area (Å²) in [7, 11) is 2.18. The number of carbonyl (C=O) groups is 3. The monoisotopic (exact) mass is 709 g/mol. The largest absolute Gasteiger partial charge is 0.436 e. The zero-order chi connectivity index (χ0) is 32.9. The summed E-state index contributed by atoms with van der Waals surface area (Å²) in [4.78, 5) is 51.1. The van der Waals surface area contributed by atoms with Crippen LogP contribution in [0.15, 0.2) is 46.9 Å². The number of likely N-dealkylation sites (N-methyl/N-ethyl adjacent to an activating group) is 1. The molecule has 1 atom stereocenters. The van der Waals surface area contributed by atoms with E-state index < -0.39 is 12.2 Å². The van der Waals surface area contributed by atoms with E-state index in [1.807, 2.05) is 40.1 Å². The average Bonchev–Trinajstić information content (AvgIpc) is 3.40. The third-order valence-corrected chi connectivity index (χ3v) is 11.0. The third kappa shape index (κ3) is 8.21. The van der Waals surface area contributed by atoms with E-state index in [1.54, 1.807) is 11.0 Å². The second kappa shape index (κ2) is 15.3. The number of urea groups is 1. The molecule has 0 aliphatic carbocycles. The first-order chi connectivity index (χ1) is 22.7. The van der Waals surface area contributed by atoms with E-state index in [2.05, 4.69) is 44.2 Å². The van der Waals surface area contributed by atoms with Crippen molar-refractivity contribution in [2.45, 2.75) is 63.1 Å². The van der Waals surface area contributed by atoms with E-state index in [-0.39, 0.29) is 24.4 Å². The molecule has 12 heteroatoms. The molecule has 4 aliphatic heterocycles. The molecule has 0 spiro atoms. The van der Waals surface area contributed by atoms with Gasteiger partial charge in [-0.3, -0.25) is 9.69 Å². The number of carbonyl (C=O) groups excluding carboxylic acids is 3. The molecule has 3 saturated heterocycles. The number of nitrogens with zero attached hydrogens (tertiary/aromatic N) is 5. The lowest BCUT2D eigenvalue weighted by molar-refractivity contribution is -0.142. The minimum atomic E-state index is -0.936. The molecule has 0 saturated carbocycles. The molecule has 4 aliphatic rings. The van der Waals surface area contributed by atoms with Gasteiger partial charge >= 0.3 is 12.1 Å². The van der Waals surface area contributed by atoms with E-state index in [0.717, 1.165) is 66.7 Å². The van der Waals surface area contributed by atoms with Gasteiger partial charge in [-0.15, -0.1) is 0 Å². The standard InChI is InChI=1S/C35H48BrN7O4/c1-39-14-4-15-40(22-21-39)27-10-16-41(17-11-27)33(44)32(24-25-7-8-30(37)29(36)23-25)47-35(46)42-18-12-28(13-19-42)43-20-9-26-5-2-3-6-31(26)38-34(43)45/h2-3,5-8,23,27-28,32H,4,9-22,24,37H2,1H3,(H,38,45)/t32-/m1/s1. The first-order valence-corrected chi connectivity index (χ1v) is 17.9. The van der Waals surface area contributed by atoms with E-state index in [4.69, 9.17) is 10.5 Å². The Morgan fingerprint density at radius 2 is 1.64 bits per heavy atom. The van der Waals surface area contributed by atoms with E-state index in [0.29, 0.717) is 57.3 Å². The molecule has 4 amide bonds. The molecular formula is C35H48BrN7O4. The fourth-order valence-electron chi connectivity index (χ4n) is 7.47. The quantitative estimate of drug-likeness (QED) is 0.431. The molecular weight excluding hydrogens is 662 g/mol. The van der Waals surface area contributed by atoms with Gasteiger partial charge in [-0.2, -0.15) is 0 Å². The number of anilines is 2. The number of nitrogens with two attached hydrogens (primary N) is 1. The van der Waals surface area contributed by atoms with Gasteiger partial charge in [0.05, 0.1) is 0 Å². The predicted molar refractivity (Wildman–Crippen MR) is 186 cm³/mol. The molecule has 6 rings (SSSR count). The van der Waals surface area contributed by atoms with Crippen LogP contribution in [0.3, 0.4) is 0 Å². The van der Waals surface area contributed by atoms with Crippen molar-refractivity contribution in [3.8, 4) is 0 Å². The van der Waals surface area contributed by atoms with Crippen molar-refractivity contribution in [3.63, 3.8) is 0 Å². The summed E-state index contributed by atoms with van der Waals surface area (Å²) in [6.07, 6.45) is 3.97. The Labute approximate surface area is 286 Å². The topological polar surface area (TPSA) is 115 Å². The number of rotatable bonds is 6. The number of nitrogens with one attached hydrogen (secondary N) is 1. The van der Waals surface area contributed by atoms with Crippen LogP contribution in [0.4, 0.5) is 21.0 Å². The average molecular weight is 711 g/mol. The molecule has 3 N–H and O–H groups in total. The van der Waals surface area contributed by atoms with Crippen molar-refractivity contribution in [1.82, 2.24) is 24.5 Å². The van der Waals surface area contributed by atoms with Gasteiger partial charge < -0.3 is 35.4 Å². The highest BCUT2D eigenvalue weighted by molar-refractivity contribution is 9.10. The number of likely N-dealkylation sites (tertiary alicyclic amines) is 2. The van der Waals surface area contributed by atoms with Crippen LogP contribution < -0.4 is 11.1 Å². The Hall–Kier alpha value is -3.35. The summed E-state index contributed by atoms with van der Waals surface area (Å²) >= 11 is 3.50. The maximum atomic E-state index is 14.0. The number of fused-ring (bicyclic) bond motifs is 1. The molecule has 0 aromatic heterocycles. The maximum Gasteiger partial charge on any atom is 0.410 e. The van der Waals surface area contributed by atoms with Crippen LogP contribution in [0.5, 0.6) is 0 Å². The van der Waals surface area contributed by atoms with Gasteiger partial charge in [-0.25, -0.2) is 9.59 Å². The summed E-state index contributed by atoms with van der Waals surface area (Å²) in [5.41, 5.74) is 9.50. The van der Waals surface area contributed by atoms with Crippen molar-refractivity contribution in [3.05, 3.63) is 58.1 Å². The van der Waals surface area contributed by atoms with Crippen molar-refractivity contribution < 1.29 is 19.1 Å². The zero-order valence-corrected chi connectivity index (χ0v) is 29.0. The number of hydrogen-bond donors (Lipinski definition) is 2. The highest BCUT2D eigenvalue weighted by Gasteiger charge is 2.36. The smallest absolute Gasteiger partial charge is 0.410 e. The zero-order valence-electron chi connectivity index (χ0n) is 27.4. The van der Waals surface area contributed by atoms with Gasteiger partial charge in [-0.05, 0) is 104 Å². The number of benzene rings is 2. The number of ether oxygens (including phenoxy) is 1. The van der Waals surface area contributed by atoms with Gasteiger partial charge in [-0.1, -0.05) is 24.3 Å². The molecule has 2 aromatic rings. The Kier molecular flexibility index (Phi) is 10.9. The van der Waals surface area contributed by atoms with Crippen LogP contribution in [0.1, 0.15) is 43.2 Å². The van der Waals surface area contributed by atoms with Crippen LogP contribution >= 0.6 is 15.9 Å². The second-order valence-corrected chi connectivity index (χ2v) is 14.3. The number of halogens is 1. The van der Waals surface area contributed by atoms with Gasteiger partial charge in [0.1, 0.15) is 0 Å². The Morgan fingerprint density at radius 3 is 2.40 bits per heavy atom. The highest BCUT2D eigenvalue weighted by Crippen LogP contribution is 2.27. The molecule has 254 valence electrons. The lowest BCUT2D eigenvalue weighted by Crippen LogP contribution is -2.52. The SMILES string of the molecule is CN1CCCN(C2CCN(C(=O)[C@@H](Cc3ccc(N)c(Br)c3)OC(=O)N3CCC(N4CCc5ccccc5NC4=O)CC3)CC2)CC1. The lowest BCUT2D eigenvalue weighted by atomic mass is 10.0. The maximum absolute atomic E-state index is 14.0. The number of amides is 4. The highest BCUT2D eigenvalue weighted by atomic mass is 79.9. The Morgan fingerprint density at radius 1 is 0.915 bits per heavy atom. The first-order valence-electron chi connectivity index (χ1n) is 17.1. The van der Waals surface area contributed by atoms with Crippen LogP contribution in [0.25, 0.3) is 0 Å². The molecule has 4 heterocycles. The lowest BCUT2D eigenvalue weighted by Gasteiger charge is -2.40. The summed E-state index contributed by atoms with van der Waals surface area (Å²) < 4.78 is 6.80. The van der Waals surface area contributed by atoms with Crippen molar-refractivity contribution in [2.75, 3.05) is 77.0 Å². The van der Waals surface area contributed by atoms with E-state index >= 15 is 0 Å². The minimum Gasteiger partial charge on any atom is -0.436 e. The second-order valence-electron chi connectivity index (χ2n) is 13.4. The Bertz CT molecular complexity index is 1430. The van der Waals surface area contributed by atoms with Crippen molar-refractivity contribution in [2.24, 2.45) is 0 Å². The van der Waals surface area contributed by atoms with Gasteiger partial charge in [0.2, 0.25) is 0 Å². The van der Waals surface area contributed by atoms with Crippen LogP contribution in [0, 0.1) is 0 Å². The van der Waals surface area contributed by atoms with E-state index in [9.17, 15) is 14.4 Å². The normalized spacial score (nSPS) is 21.4. The van der Waals surface area contributed by atoms with Gasteiger partial charge in [0.15, 0.2) is 6.10 Å². The number of hydrogen-bond acceptors (Lipinski definition) is 7. The number of para-hydroxylation sites is 1. The molecule has 0 bridgehead atoms. The van der Waals surface area contributed by atoms with E-state index in [1.165, 1.54) is 6.42 Å². The summed E-state index contributed by atoms with van der Waals surface area (Å²) in [6, 6.07) is 13.9. The number of piperidine rings is 2. The first kappa shape index (κ1) is 33.5. The van der Waals surface area contributed by atoms with Crippen LogP contribution in [0.2, 0.25) is 0 Å². The molecule has 2 aromatic carbocycles. The molecule has 0 unspecified atom stereocenters. The van der Waals surface area contributed by atoms with Gasteiger partial charge in [0.25, 0.3) is 5.91 Å². The number of nitrogen functional groups attached to an aromatic ring is 1. The fourth-order valence-corrected chi connectivity index (χ4v) is 7.90. The summed E-state index contributed by atoms with van der Waals surface area (Å²) in [5.74, 6) is -0.143. The minimum absolute atomic E-state index is 0.0313. The van der Waals surface area contributed by atoms with Crippen LogP contribution in [-0.2, 0) is 22.4 Å². The van der Waals surface area contributed by atoms with Crippen LogP contribution in [-0.4, -0.2) is 127 Å². The summed E-state index contributed by atoms with van der Waals surface area (Å²) in [5, 5.41) is 3.05. The molecule has 0 radical (unpaired) electrons. The predicted octanol–water partition coefficient (Wildman–Crippen LogP) is 4.26. The van der Waals surface area contributed by atoms with Crippen molar-refractivity contribution in [1.29, 1.82) is 0 Å². The molecule has 11 nitrogen and oxygen atoms in total. The Balaban J connectivity index is 1.07. The van der Waals surface area contributed by atoms with Crippen molar-refractivity contribution >= 4 is 45.3 Å². The van der Waals surface area contributed by atoms with Gasteiger partial charge in [0, 0.05) is 80.2 Å². The molecule has 3 fully saturated rings. The summed E-state index contributed by atoms with van der Waals surface area (Å²) in [6.45, 7) is 7.24. The molecule has 47 heavy (non-hydrogen) atoms. The third-order valence-electron chi connectivity index (χ3n) is 10.4.